The van der Waals surface area contributed by atoms with E-state index in [9.17, 15) is 17.6 Å². The standard InChI is InChI=1S/C26H24ClF2N3O5S/c1-3-10-38(34,35)32-22-7-6-21(28)23(24(22)29)25(33)19-14-31-26-18(19)11-15(13-30-26)17-5-4-16(12-20(17)27)37-9-8-36-2/h4-7,11-14,32H,3,8-10H2,1-2H3,(H,30,31). The smallest absolute Gasteiger partial charge is 0.232 e. The number of methoxy groups -OCH3 is 1. The summed E-state index contributed by atoms with van der Waals surface area (Å²) in [5, 5.41) is 0.674. The molecule has 0 amide bonds. The first-order chi connectivity index (χ1) is 18.1. The van der Waals surface area contributed by atoms with Crippen LogP contribution in [0.5, 0.6) is 5.75 Å². The van der Waals surface area contributed by atoms with Crippen molar-refractivity contribution in [2.45, 2.75) is 13.3 Å². The van der Waals surface area contributed by atoms with Gasteiger partial charge < -0.3 is 14.5 Å². The van der Waals surface area contributed by atoms with Crippen molar-refractivity contribution < 1.29 is 31.5 Å². The molecule has 0 bridgehead atoms. The van der Waals surface area contributed by atoms with Gasteiger partial charge in [0.15, 0.2) is 5.82 Å². The third-order valence-corrected chi connectivity index (χ3v) is 7.43. The number of halogens is 3. The van der Waals surface area contributed by atoms with Crippen molar-refractivity contribution in [3.05, 3.63) is 76.6 Å². The number of carbonyl (C=O) groups excluding carboxylic acids is 1. The average molecular weight is 564 g/mol. The monoisotopic (exact) mass is 563 g/mol. The summed E-state index contributed by atoms with van der Waals surface area (Å²) in [6, 6.07) is 8.49. The number of ether oxygens (including phenoxy) is 2. The molecular weight excluding hydrogens is 540 g/mol. The Morgan fingerprint density at radius 2 is 1.95 bits per heavy atom. The Morgan fingerprint density at radius 3 is 2.66 bits per heavy atom. The fourth-order valence-electron chi connectivity index (χ4n) is 3.86. The van der Waals surface area contributed by atoms with E-state index in [1.807, 2.05) is 0 Å². The van der Waals surface area contributed by atoms with Crippen LogP contribution in [0, 0.1) is 11.6 Å². The average Bonchev–Trinajstić information content (AvgIpc) is 3.29. The van der Waals surface area contributed by atoms with Gasteiger partial charge in [-0.05, 0) is 42.8 Å². The molecule has 0 unspecified atom stereocenters. The molecule has 0 aliphatic carbocycles. The van der Waals surface area contributed by atoms with E-state index in [4.69, 9.17) is 21.1 Å². The second-order valence-electron chi connectivity index (χ2n) is 8.34. The maximum Gasteiger partial charge on any atom is 0.232 e. The van der Waals surface area contributed by atoms with Gasteiger partial charge in [0.1, 0.15) is 23.8 Å². The maximum atomic E-state index is 15.2. The molecule has 0 atom stereocenters. The molecule has 0 fully saturated rings. The molecule has 0 aliphatic heterocycles. The minimum atomic E-state index is -3.87. The minimum absolute atomic E-state index is 0.0450. The predicted octanol–water partition coefficient (Wildman–Crippen LogP) is 5.57. The van der Waals surface area contributed by atoms with Gasteiger partial charge in [0.05, 0.1) is 28.6 Å². The maximum absolute atomic E-state index is 15.2. The van der Waals surface area contributed by atoms with Crippen molar-refractivity contribution in [3.8, 4) is 16.9 Å². The van der Waals surface area contributed by atoms with Crippen LogP contribution in [0.4, 0.5) is 14.5 Å². The Hall–Kier alpha value is -3.54. The molecule has 4 rings (SSSR count). The molecule has 0 saturated carbocycles. The highest BCUT2D eigenvalue weighted by Crippen LogP contribution is 2.34. The summed E-state index contributed by atoms with van der Waals surface area (Å²) < 4.78 is 66.8. The van der Waals surface area contributed by atoms with Crippen LogP contribution in [0.25, 0.3) is 22.2 Å². The number of carbonyl (C=O) groups is 1. The lowest BCUT2D eigenvalue weighted by atomic mass is 9.99. The zero-order chi connectivity index (χ0) is 27.4. The third-order valence-electron chi connectivity index (χ3n) is 5.64. The molecule has 2 aromatic heterocycles. The van der Waals surface area contributed by atoms with Gasteiger partial charge in [-0.3, -0.25) is 9.52 Å². The number of rotatable bonds is 11. The van der Waals surface area contributed by atoms with E-state index in [1.54, 1.807) is 44.5 Å². The Morgan fingerprint density at radius 1 is 1.16 bits per heavy atom. The molecule has 2 N–H and O–H groups in total. The summed E-state index contributed by atoms with van der Waals surface area (Å²) in [4.78, 5) is 20.5. The molecule has 2 heterocycles. The summed E-state index contributed by atoms with van der Waals surface area (Å²) in [6.07, 6.45) is 3.14. The van der Waals surface area contributed by atoms with Gasteiger partial charge in [0.25, 0.3) is 0 Å². The number of aromatic nitrogens is 2. The van der Waals surface area contributed by atoms with E-state index < -0.39 is 38.7 Å². The Balaban J connectivity index is 1.71. The van der Waals surface area contributed by atoms with Crippen LogP contribution in [0.2, 0.25) is 5.02 Å². The number of H-pyrrole nitrogens is 1. The molecule has 200 valence electrons. The van der Waals surface area contributed by atoms with Gasteiger partial charge in [-0.25, -0.2) is 22.2 Å². The molecule has 0 spiro atoms. The molecule has 0 saturated heterocycles. The van der Waals surface area contributed by atoms with Crippen molar-refractivity contribution in [2.24, 2.45) is 0 Å². The van der Waals surface area contributed by atoms with E-state index in [-0.39, 0.29) is 11.3 Å². The van der Waals surface area contributed by atoms with Gasteiger partial charge in [0, 0.05) is 41.6 Å². The van der Waals surface area contributed by atoms with Crippen LogP contribution in [0.3, 0.4) is 0 Å². The summed E-state index contributed by atoms with van der Waals surface area (Å²) in [6.45, 7) is 2.41. The number of anilines is 1. The van der Waals surface area contributed by atoms with E-state index in [0.29, 0.717) is 52.6 Å². The van der Waals surface area contributed by atoms with Crippen molar-refractivity contribution in [2.75, 3.05) is 30.8 Å². The minimum Gasteiger partial charge on any atom is -0.491 e. The third kappa shape index (κ3) is 5.79. The first-order valence-corrected chi connectivity index (χ1v) is 13.6. The van der Waals surface area contributed by atoms with E-state index >= 15 is 4.39 Å². The van der Waals surface area contributed by atoms with Gasteiger partial charge in [-0.1, -0.05) is 18.5 Å². The quantitative estimate of drug-likeness (QED) is 0.182. The summed E-state index contributed by atoms with van der Waals surface area (Å²) in [7, 11) is -2.30. The van der Waals surface area contributed by atoms with Crippen molar-refractivity contribution >= 4 is 44.1 Å². The molecule has 2 aromatic carbocycles. The topological polar surface area (TPSA) is 110 Å². The summed E-state index contributed by atoms with van der Waals surface area (Å²) >= 11 is 6.47. The normalized spacial score (nSPS) is 11.6. The van der Waals surface area contributed by atoms with Crippen LogP contribution in [-0.4, -0.2) is 50.2 Å². The first kappa shape index (κ1) is 27.5. The zero-order valence-electron chi connectivity index (χ0n) is 20.5. The SMILES string of the molecule is CCCS(=O)(=O)Nc1ccc(F)c(C(=O)c2c[nH]c3ncc(-c4ccc(OCCOC)cc4Cl)cc23)c1F. The number of hydrogen-bond acceptors (Lipinski definition) is 6. The van der Waals surface area contributed by atoms with Gasteiger partial charge in [0.2, 0.25) is 15.8 Å². The van der Waals surface area contributed by atoms with Crippen LogP contribution in [0.15, 0.2) is 48.8 Å². The van der Waals surface area contributed by atoms with Gasteiger partial charge >= 0.3 is 0 Å². The largest absolute Gasteiger partial charge is 0.491 e. The van der Waals surface area contributed by atoms with E-state index in [1.165, 1.54) is 6.20 Å². The summed E-state index contributed by atoms with van der Waals surface area (Å²) in [5.74, 6) is -3.12. The fourth-order valence-corrected chi connectivity index (χ4v) is 5.27. The van der Waals surface area contributed by atoms with Crippen LogP contribution < -0.4 is 9.46 Å². The number of nitrogens with zero attached hydrogens (tertiary/aromatic N) is 1. The number of pyridine rings is 1. The Bertz CT molecular complexity index is 1610. The second-order valence-corrected chi connectivity index (χ2v) is 10.6. The molecule has 0 radical (unpaired) electrons. The highest BCUT2D eigenvalue weighted by atomic mass is 35.5. The number of benzene rings is 2. The van der Waals surface area contributed by atoms with Crippen LogP contribution in [-0.2, 0) is 14.8 Å². The molecule has 0 aliphatic rings. The fraction of sp³-hybridized carbons (Fsp3) is 0.231. The van der Waals surface area contributed by atoms with E-state index in [0.717, 1.165) is 12.1 Å². The molecule has 38 heavy (non-hydrogen) atoms. The van der Waals surface area contributed by atoms with Crippen LogP contribution >= 0.6 is 11.6 Å². The van der Waals surface area contributed by atoms with Gasteiger partial charge in [-0.2, -0.15) is 0 Å². The lowest BCUT2D eigenvalue weighted by molar-refractivity contribution is 0.103. The number of nitrogens with one attached hydrogen (secondary N) is 2. The molecule has 12 heteroatoms. The van der Waals surface area contributed by atoms with Crippen molar-refractivity contribution in [1.82, 2.24) is 9.97 Å². The number of aromatic amines is 1. The zero-order valence-corrected chi connectivity index (χ0v) is 22.1. The number of sulfonamides is 1. The summed E-state index contributed by atoms with van der Waals surface area (Å²) in [5.41, 5.74) is 0.0285. The number of ketones is 1. The highest BCUT2D eigenvalue weighted by molar-refractivity contribution is 7.92. The second kappa shape index (κ2) is 11.5. The number of fused-ring (bicyclic) bond motifs is 1. The van der Waals surface area contributed by atoms with Crippen molar-refractivity contribution in [1.29, 1.82) is 0 Å². The Labute approximate surface area is 223 Å². The molecular formula is C26H24ClF2N3O5S. The number of hydrogen-bond donors (Lipinski definition) is 2. The lowest BCUT2D eigenvalue weighted by Crippen LogP contribution is -2.18. The van der Waals surface area contributed by atoms with Crippen LogP contribution in [0.1, 0.15) is 29.3 Å². The Kier molecular flexibility index (Phi) is 8.29. The molecule has 4 aromatic rings. The first-order valence-electron chi connectivity index (χ1n) is 11.6. The van der Waals surface area contributed by atoms with Gasteiger partial charge in [-0.15, -0.1) is 0 Å². The molecule has 8 nitrogen and oxygen atoms in total. The predicted molar refractivity (Wildman–Crippen MR) is 141 cm³/mol. The van der Waals surface area contributed by atoms with Crippen molar-refractivity contribution in [3.63, 3.8) is 0 Å². The lowest BCUT2D eigenvalue weighted by Gasteiger charge is -2.11. The van der Waals surface area contributed by atoms with E-state index in [2.05, 4.69) is 14.7 Å². The highest BCUT2D eigenvalue weighted by Gasteiger charge is 2.26.